The highest BCUT2D eigenvalue weighted by molar-refractivity contribution is 6.35. The normalized spacial score (nSPS) is 14.2. The molecule has 28 heavy (non-hydrogen) atoms. The molecule has 0 fully saturated rings. The lowest BCUT2D eigenvalue weighted by molar-refractivity contribution is -0.172. The second-order valence-corrected chi connectivity index (χ2v) is 7.67. The van der Waals surface area contributed by atoms with Crippen molar-refractivity contribution < 1.29 is 29.3 Å². The van der Waals surface area contributed by atoms with Gasteiger partial charge >= 0.3 is 11.9 Å². The number of ether oxygens (including phenoxy) is 2. The van der Waals surface area contributed by atoms with Crippen molar-refractivity contribution in [1.29, 1.82) is 0 Å². The number of esters is 2. The zero-order chi connectivity index (χ0) is 21.2. The van der Waals surface area contributed by atoms with E-state index < -0.39 is 30.1 Å². The first-order valence-corrected chi connectivity index (χ1v) is 9.97. The SMILES string of the molecule is COC(=O)CC(O)(CC(O)CCCCCCc1ccc(Cl)cc1Cl)C(=O)OC. The van der Waals surface area contributed by atoms with Crippen molar-refractivity contribution in [3.05, 3.63) is 33.8 Å². The van der Waals surface area contributed by atoms with E-state index in [4.69, 9.17) is 23.2 Å². The molecule has 0 saturated heterocycles. The number of hydrogen-bond acceptors (Lipinski definition) is 6. The lowest BCUT2D eigenvalue weighted by Crippen LogP contribution is -2.44. The van der Waals surface area contributed by atoms with E-state index in [-0.39, 0.29) is 6.42 Å². The number of carbonyl (C=O) groups excluding carboxylic acids is 2. The molecule has 0 aliphatic rings. The minimum atomic E-state index is -2.09. The Morgan fingerprint density at radius 2 is 1.79 bits per heavy atom. The molecule has 0 spiro atoms. The van der Waals surface area contributed by atoms with Gasteiger partial charge in [-0.15, -0.1) is 0 Å². The molecule has 8 heteroatoms. The Labute approximate surface area is 175 Å². The monoisotopic (exact) mass is 434 g/mol. The maximum absolute atomic E-state index is 11.8. The molecule has 1 aromatic rings. The summed E-state index contributed by atoms with van der Waals surface area (Å²) < 4.78 is 9.05. The molecule has 2 N–H and O–H groups in total. The molecule has 2 unspecified atom stereocenters. The van der Waals surface area contributed by atoms with Crippen LogP contribution in [-0.4, -0.2) is 48.1 Å². The Balaban J connectivity index is 2.35. The lowest BCUT2D eigenvalue weighted by atomic mass is 9.90. The summed E-state index contributed by atoms with van der Waals surface area (Å²) in [4.78, 5) is 23.2. The van der Waals surface area contributed by atoms with E-state index in [9.17, 15) is 19.8 Å². The number of carbonyl (C=O) groups is 2. The van der Waals surface area contributed by atoms with Crippen LogP contribution in [0.3, 0.4) is 0 Å². The molecule has 2 atom stereocenters. The number of aliphatic hydroxyl groups is 2. The van der Waals surface area contributed by atoms with Crippen LogP contribution in [-0.2, 0) is 25.5 Å². The first-order chi connectivity index (χ1) is 13.2. The van der Waals surface area contributed by atoms with Crippen LogP contribution in [0.5, 0.6) is 0 Å². The van der Waals surface area contributed by atoms with Crippen LogP contribution in [0.1, 0.15) is 50.5 Å². The number of methoxy groups -OCH3 is 2. The van der Waals surface area contributed by atoms with Crippen LogP contribution in [0.2, 0.25) is 10.0 Å². The van der Waals surface area contributed by atoms with Gasteiger partial charge in [-0.1, -0.05) is 48.5 Å². The van der Waals surface area contributed by atoms with E-state index in [1.165, 1.54) is 0 Å². The van der Waals surface area contributed by atoms with Gasteiger partial charge in [-0.2, -0.15) is 0 Å². The molecule has 158 valence electrons. The van der Waals surface area contributed by atoms with Gasteiger partial charge in [-0.05, 0) is 37.0 Å². The summed E-state index contributed by atoms with van der Waals surface area (Å²) in [5.74, 6) is -1.71. The molecule has 0 heterocycles. The number of aryl methyl sites for hydroxylation is 1. The van der Waals surface area contributed by atoms with Crippen molar-refractivity contribution in [2.24, 2.45) is 0 Å². The molecule has 1 aromatic carbocycles. The highest BCUT2D eigenvalue weighted by Crippen LogP contribution is 2.24. The van der Waals surface area contributed by atoms with Gasteiger partial charge in [-0.3, -0.25) is 4.79 Å². The molecular weight excluding hydrogens is 407 g/mol. The second-order valence-electron chi connectivity index (χ2n) is 6.82. The van der Waals surface area contributed by atoms with Gasteiger partial charge in [0.2, 0.25) is 0 Å². The third-order valence-corrected chi connectivity index (χ3v) is 5.14. The minimum absolute atomic E-state index is 0.283. The first kappa shape index (κ1) is 24.7. The molecule has 0 aromatic heterocycles. The number of halogens is 2. The average molecular weight is 435 g/mol. The van der Waals surface area contributed by atoms with Crippen LogP contribution in [0, 0.1) is 0 Å². The lowest BCUT2D eigenvalue weighted by Gasteiger charge is -2.26. The number of aliphatic hydroxyl groups excluding tert-OH is 1. The summed E-state index contributed by atoms with van der Waals surface area (Å²) in [5, 5.41) is 21.8. The third kappa shape index (κ3) is 8.35. The first-order valence-electron chi connectivity index (χ1n) is 9.21. The van der Waals surface area contributed by atoms with E-state index in [2.05, 4.69) is 9.47 Å². The van der Waals surface area contributed by atoms with Crippen LogP contribution in [0.15, 0.2) is 18.2 Å². The Kier molecular flexibility index (Phi) is 10.8. The van der Waals surface area contributed by atoms with Gasteiger partial charge in [0.05, 0.1) is 26.7 Å². The number of rotatable bonds is 12. The van der Waals surface area contributed by atoms with E-state index in [0.717, 1.165) is 51.9 Å². The fourth-order valence-corrected chi connectivity index (χ4v) is 3.50. The molecule has 1 rings (SSSR count). The molecular formula is C20H28Cl2O6. The highest BCUT2D eigenvalue weighted by Gasteiger charge is 2.41. The summed E-state index contributed by atoms with van der Waals surface area (Å²) in [5.41, 5.74) is -1.04. The van der Waals surface area contributed by atoms with Gasteiger partial charge in [0.1, 0.15) is 0 Å². The van der Waals surface area contributed by atoms with Crippen LogP contribution < -0.4 is 0 Å². The fraction of sp³-hybridized carbons (Fsp3) is 0.600. The van der Waals surface area contributed by atoms with Gasteiger partial charge in [0.25, 0.3) is 0 Å². The molecule has 0 amide bonds. The van der Waals surface area contributed by atoms with Crippen LogP contribution in [0.4, 0.5) is 0 Å². The predicted molar refractivity (Wildman–Crippen MR) is 107 cm³/mol. The fourth-order valence-electron chi connectivity index (χ4n) is 2.99. The molecule has 0 bridgehead atoms. The maximum atomic E-state index is 11.8. The van der Waals surface area contributed by atoms with E-state index in [1.54, 1.807) is 6.07 Å². The smallest absolute Gasteiger partial charge is 0.338 e. The van der Waals surface area contributed by atoms with Gasteiger partial charge in [0.15, 0.2) is 5.60 Å². The Morgan fingerprint density at radius 1 is 1.11 bits per heavy atom. The summed E-state index contributed by atoms with van der Waals surface area (Å²) in [6.45, 7) is 0. The molecule has 0 saturated carbocycles. The quantitative estimate of drug-likeness (QED) is 0.384. The van der Waals surface area contributed by atoms with Gasteiger partial charge < -0.3 is 19.7 Å². The number of benzene rings is 1. The van der Waals surface area contributed by atoms with Crippen molar-refractivity contribution in [1.82, 2.24) is 0 Å². The maximum Gasteiger partial charge on any atom is 0.338 e. The van der Waals surface area contributed by atoms with Crippen molar-refractivity contribution in [3.63, 3.8) is 0 Å². The molecule has 0 aliphatic heterocycles. The molecule has 6 nitrogen and oxygen atoms in total. The number of hydrogen-bond donors (Lipinski definition) is 2. The van der Waals surface area contributed by atoms with Crippen molar-refractivity contribution in [2.75, 3.05) is 14.2 Å². The van der Waals surface area contributed by atoms with Gasteiger partial charge in [-0.25, -0.2) is 4.79 Å². The highest BCUT2D eigenvalue weighted by atomic mass is 35.5. The Hall–Kier alpha value is -1.34. The standard InChI is InChI=1S/C20H28Cl2O6/c1-27-18(24)13-20(26,19(25)28-2)12-16(23)8-6-4-3-5-7-14-9-10-15(21)11-17(14)22/h9-11,16,23,26H,3-8,12-13H2,1-2H3. The van der Waals surface area contributed by atoms with E-state index in [1.807, 2.05) is 12.1 Å². The summed E-state index contributed by atoms with van der Waals surface area (Å²) in [7, 11) is 2.28. The molecule has 0 aliphatic carbocycles. The predicted octanol–water partition coefficient (Wildman–Crippen LogP) is 3.70. The van der Waals surface area contributed by atoms with Crippen molar-refractivity contribution in [3.8, 4) is 0 Å². The summed E-state index contributed by atoms with van der Waals surface area (Å²) >= 11 is 12.0. The van der Waals surface area contributed by atoms with E-state index in [0.29, 0.717) is 16.5 Å². The largest absolute Gasteiger partial charge is 0.469 e. The van der Waals surface area contributed by atoms with Gasteiger partial charge in [0, 0.05) is 16.5 Å². The average Bonchev–Trinajstić information content (AvgIpc) is 2.64. The Morgan fingerprint density at radius 3 is 2.39 bits per heavy atom. The summed E-state index contributed by atoms with van der Waals surface area (Å²) in [6, 6.07) is 5.46. The van der Waals surface area contributed by atoms with Crippen molar-refractivity contribution in [2.45, 2.75) is 63.1 Å². The van der Waals surface area contributed by atoms with Crippen molar-refractivity contribution >= 4 is 35.1 Å². The summed E-state index contributed by atoms with van der Waals surface area (Å²) in [6.07, 6.45) is 2.99. The zero-order valence-electron chi connectivity index (χ0n) is 16.2. The topological polar surface area (TPSA) is 93.1 Å². The zero-order valence-corrected chi connectivity index (χ0v) is 17.8. The van der Waals surface area contributed by atoms with Crippen LogP contribution >= 0.6 is 23.2 Å². The number of unbranched alkanes of at least 4 members (excludes halogenated alkanes) is 3. The minimum Gasteiger partial charge on any atom is -0.469 e. The Bertz CT molecular complexity index is 652. The third-order valence-electron chi connectivity index (χ3n) is 4.55. The van der Waals surface area contributed by atoms with Crippen LogP contribution in [0.25, 0.3) is 0 Å². The molecule has 0 radical (unpaired) electrons. The van der Waals surface area contributed by atoms with E-state index >= 15 is 0 Å². The second kappa shape index (κ2) is 12.3.